The first-order chi connectivity index (χ1) is 30.0. The quantitative estimate of drug-likeness (QED) is 0.128. The van der Waals surface area contributed by atoms with Crippen LogP contribution >= 0.6 is 0 Å². The highest BCUT2D eigenvalue weighted by Crippen LogP contribution is 2.56. The zero-order valence-corrected chi connectivity index (χ0v) is 34.6. The lowest BCUT2D eigenvalue weighted by molar-refractivity contribution is 0.768. The van der Waals surface area contributed by atoms with Crippen molar-refractivity contribution in [2.24, 2.45) is 0 Å². The van der Waals surface area contributed by atoms with Gasteiger partial charge >= 0.3 is 0 Å². The van der Waals surface area contributed by atoms with Gasteiger partial charge in [0.1, 0.15) is 0 Å². The van der Waals surface area contributed by atoms with Gasteiger partial charge in [-0.15, -0.1) is 0 Å². The predicted octanol–water partition coefficient (Wildman–Crippen LogP) is 15.5. The highest BCUT2D eigenvalue weighted by atomic mass is 14.5. The Morgan fingerprint density at radius 3 is 1.07 bits per heavy atom. The van der Waals surface area contributed by atoms with Crippen LogP contribution < -0.4 is 0 Å². The van der Waals surface area contributed by atoms with Gasteiger partial charge in [-0.3, -0.25) is 0 Å². The fourth-order valence-corrected chi connectivity index (χ4v) is 9.24. The first-order valence-electron chi connectivity index (χ1n) is 21.2. The van der Waals surface area contributed by atoms with Crippen molar-refractivity contribution in [3.63, 3.8) is 0 Å². The average molecular weight is 779 g/mol. The first-order valence-corrected chi connectivity index (χ1v) is 21.2. The van der Waals surface area contributed by atoms with Crippen molar-refractivity contribution >= 4 is 23.3 Å². The van der Waals surface area contributed by atoms with Crippen LogP contribution in [0, 0.1) is 13.8 Å². The van der Waals surface area contributed by atoms with Crippen LogP contribution in [-0.2, 0) is 5.41 Å². The molecule has 0 atom stereocenters. The van der Waals surface area contributed by atoms with Crippen molar-refractivity contribution in [3.8, 4) is 22.3 Å². The van der Waals surface area contributed by atoms with Crippen molar-refractivity contribution in [3.05, 3.63) is 297 Å². The van der Waals surface area contributed by atoms with Crippen LogP contribution in [-0.4, -0.2) is 0 Å². The summed E-state index contributed by atoms with van der Waals surface area (Å²) in [7, 11) is 0. The molecule has 0 amide bonds. The summed E-state index contributed by atoms with van der Waals surface area (Å²) in [5, 5.41) is 0. The molecule has 10 rings (SSSR count). The van der Waals surface area contributed by atoms with Gasteiger partial charge in [0.05, 0.1) is 5.41 Å². The van der Waals surface area contributed by atoms with Crippen LogP contribution in [0.3, 0.4) is 0 Å². The maximum Gasteiger partial charge on any atom is 0.0713 e. The Balaban J connectivity index is 1.03. The van der Waals surface area contributed by atoms with E-state index in [4.69, 9.17) is 0 Å². The molecule has 0 nitrogen and oxygen atoms in total. The van der Waals surface area contributed by atoms with Crippen LogP contribution in [0.15, 0.2) is 231 Å². The summed E-state index contributed by atoms with van der Waals surface area (Å²) in [6.45, 7) is 4.28. The zero-order chi connectivity index (χ0) is 41.2. The lowest BCUT2D eigenvalue weighted by atomic mass is 9.67. The molecule has 9 aromatic rings. The van der Waals surface area contributed by atoms with E-state index < -0.39 is 5.41 Å². The van der Waals surface area contributed by atoms with Crippen LogP contribution in [0.2, 0.25) is 0 Å². The Morgan fingerprint density at radius 1 is 0.311 bits per heavy atom. The first kappa shape index (κ1) is 37.7. The van der Waals surface area contributed by atoms with Gasteiger partial charge in [0.2, 0.25) is 0 Å². The molecule has 0 unspecified atom stereocenters. The van der Waals surface area contributed by atoms with Gasteiger partial charge in [0.15, 0.2) is 0 Å². The Kier molecular flexibility index (Phi) is 10.0. The molecule has 0 saturated heterocycles. The maximum absolute atomic E-state index is 2.35. The molecule has 0 aromatic heterocycles. The molecule has 0 N–H and O–H groups in total. The minimum atomic E-state index is -0.481. The molecule has 0 radical (unpaired) electrons. The van der Waals surface area contributed by atoms with E-state index in [0.29, 0.717) is 0 Å². The Morgan fingerprint density at radius 2 is 0.639 bits per heavy atom. The van der Waals surface area contributed by atoms with Gasteiger partial charge in [-0.2, -0.15) is 0 Å². The normalized spacial score (nSPS) is 13.1. The average Bonchev–Trinajstić information content (AvgIpc) is 3.63. The summed E-state index contributed by atoms with van der Waals surface area (Å²) in [6, 6.07) is 84.6. The monoisotopic (exact) mass is 778 g/mol. The summed E-state index contributed by atoms with van der Waals surface area (Å²) >= 11 is 0. The van der Waals surface area contributed by atoms with E-state index in [-0.39, 0.29) is 0 Å². The third kappa shape index (κ3) is 7.17. The van der Waals surface area contributed by atoms with E-state index in [9.17, 15) is 0 Å². The van der Waals surface area contributed by atoms with Gasteiger partial charge in [-0.1, -0.05) is 242 Å². The number of hydrogen-bond donors (Lipinski definition) is 0. The SMILES string of the molecule is Cc1ccc(C(=Cc2ccc(-c3ccc(C4(c5ccc(C=C(c6ccccc6)c6ccc(C)cc6)cc5)c5ccccc5-c5ccccc54)cc3)cc2)c2ccccc2)cc1. The minimum absolute atomic E-state index is 0.481. The second-order valence-electron chi connectivity index (χ2n) is 16.2. The standard InChI is InChI=1S/C61H46/c1-43-21-29-51(30-22-43)57(49-13-5-3-6-14-49)41-45-25-33-47(34-26-45)48-35-39-54(40-36-48)61(59-19-11-9-17-55(59)56-18-10-12-20-60(56)61)53-37-27-46(28-38-53)42-58(50-15-7-4-8-16-50)52-31-23-44(2)24-32-52/h3-42H,1-2H3. The van der Waals surface area contributed by atoms with Gasteiger partial charge in [0.25, 0.3) is 0 Å². The molecular weight excluding hydrogens is 733 g/mol. The highest BCUT2D eigenvalue weighted by Gasteiger charge is 2.45. The lowest BCUT2D eigenvalue weighted by Gasteiger charge is -2.34. The fraction of sp³-hybridized carbons (Fsp3) is 0.0492. The van der Waals surface area contributed by atoms with Crippen molar-refractivity contribution < 1.29 is 0 Å². The zero-order valence-electron chi connectivity index (χ0n) is 34.6. The van der Waals surface area contributed by atoms with Crippen LogP contribution in [0.1, 0.15) is 66.8 Å². The second-order valence-corrected chi connectivity index (χ2v) is 16.2. The Hall–Kier alpha value is -7.54. The van der Waals surface area contributed by atoms with Gasteiger partial charge in [-0.25, -0.2) is 0 Å². The van der Waals surface area contributed by atoms with Gasteiger partial charge in [-0.05, 0) is 115 Å². The van der Waals surface area contributed by atoms with E-state index in [1.165, 1.54) is 100 Å². The van der Waals surface area contributed by atoms with E-state index >= 15 is 0 Å². The third-order valence-electron chi connectivity index (χ3n) is 12.4. The number of benzene rings is 9. The molecule has 61 heavy (non-hydrogen) atoms. The van der Waals surface area contributed by atoms with Crippen molar-refractivity contribution in [1.82, 2.24) is 0 Å². The molecule has 0 saturated carbocycles. The van der Waals surface area contributed by atoms with Gasteiger partial charge in [0, 0.05) is 0 Å². The molecule has 0 fully saturated rings. The van der Waals surface area contributed by atoms with E-state index in [2.05, 4.69) is 257 Å². The maximum atomic E-state index is 2.35. The van der Waals surface area contributed by atoms with Crippen LogP contribution in [0.4, 0.5) is 0 Å². The number of hydrogen-bond acceptors (Lipinski definition) is 0. The van der Waals surface area contributed by atoms with Crippen molar-refractivity contribution in [2.45, 2.75) is 19.3 Å². The lowest BCUT2D eigenvalue weighted by Crippen LogP contribution is -2.28. The van der Waals surface area contributed by atoms with Crippen molar-refractivity contribution in [2.75, 3.05) is 0 Å². The second kappa shape index (κ2) is 16.3. The largest absolute Gasteiger partial charge is 0.0713 e. The van der Waals surface area contributed by atoms with Gasteiger partial charge < -0.3 is 0 Å². The molecule has 1 aliphatic rings. The minimum Gasteiger partial charge on any atom is -0.0622 e. The number of fused-ring (bicyclic) bond motifs is 3. The summed E-state index contributed by atoms with van der Waals surface area (Å²) in [6.07, 6.45) is 4.63. The summed E-state index contributed by atoms with van der Waals surface area (Å²) in [4.78, 5) is 0. The van der Waals surface area contributed by atoms with Crippen LogP contribution in [0.5, 0.6) is 0 Å². The molecule has 0 aliphatic heterocycles. The highest BCUT2D eigenvalue weighted by molar-refractivity contribution is 5.93. The molecule has 0 bridgehead atoms. The summed E-state index contributed by atoms with van der Waals surface area (Å²) in [5.41, 5.74) is 21.8. The fourth-order valence-electron chi connectivity index (χ4n) is 9.24. The number of aryl methyl sites for hydroxylation is 2. The Labute approximate surface area is 360 Å². The molecule has 290 valence electrons. The Bertz CT molecular complexity index is 2960. The molecule has 0 spiro atoms. The van der Waals surface area contributed by atoms with Crippen molar-refractivity contribution in [1.29, 1.82) is 0 Å². The third-order valence-corrected chi connectivity index (χ3v) is 12.4. The summed E-state index contributed by atoms with van der Waals surface area (Å²) in [5.74, 6) is 0. The predicted molar refractivity (Wildman–Crippen MR) is 258 cm³/mol. The molecule has 0 heteroatoms. The molecular formula is C61H46. The van der Waals surface area contributed by atoms with E-state index in [1.807, 2.05) is 0 Å². The molecule has 0 heterocycles. The smallest absolute Gasteiger partial charge is 0.0622 e. The van der Waals surface area contributed by atoms with Crippen LogP contribution in [0.25, 0.3) is 45.6 Å². The topological polar surface area (TPSA) is 0 Å². The molecule has 9 aromatic carbocycles. The number of rotatable bonds is 9. The molecule has 1 aliphatic carbocycles. The van der Waals surface area contributed by atoms with E-state index in [0.717, 1.165) is 0 Å². The summed E-state index contributed by atoms with van der Waals surface area (Å²) < 4.78 is 0. The van der Waals surface area contributed by atoms with E-state index in [1.54, 1.807) is 0 Å².